The van der Waals surface area contributed by atoms with Gasteiger partial charge in [0.2, 0.25) is 5.91 Å². The molecule has 1 aliphatic rings. The number of ketones is 1. The molecule has 2 aromatic carbocycles. The van der Waals surface area contributed by atoms with Gasteiger partial charge >= 0.3 is 5.97 Å². The smallest absolute Gasteiger partial charge is 0.311 e. The lowest BCUT2D eigenvalue weighted by Crippen LogP contribution is -2.27. The molecule has 0 bridgehead atoms. The lowest BCUT2D eigenvalue weighted by Gasteiger charge is -2.16. The molecule has 26 heavy (non-hydrogen) atoms. The Morgan fingerprint density at radius 2 is 1.81 bits per heavy atom. The van der Waals surface area contributed by atoms with Crippen molar-refractivity contribution in [3.63, 3.8) is 0 Å². The van der Waals surface area contributed by atoms with Crippen LogP contribution in [0.4, 0.5) is 5.69 Å². The fraction of sp³-hybridized carbons (Fsp3) is 0.211. The number of carbonyl (C=O) groups is 3. The first-order valence-electron chi connectivity index (χ1n) is 7.95. The van der Waals surface area contributed by atoms with Crippen LogP contribution in [0.25, 0.3) is 0 Å². The zero-order valence-electron chi connectivity index (χ0n) is 13.7. The molecule has 2 aromatic rings. The van der Waals surface area contributed by atoms with Gasteiger partial charge in [-0.25, -0.2) is 0 Å². The van der Waals surface area contributed by atoms with Crippen LogP contribution < -0.4 is 4.90 Å². The van der Waals surface area contributed by atoms with Crippen LogP contribution in [0.3, 0.4) is 0 Å². The summed E-state index contributed by atoms with van der Waals surface area (Å²) < 4.78 is 5.10. The molecule has 5 nitrogen and oxygen atoms in total. The third kappa shape index (κ3) is 4.23. The number of rotatable bonds is 5. The Balaban J connectivity index is 1.58. The van der Waals surface area contributed by atoms with Crippen LogP contribution in [-0.4, -0.2) is 30.8 Å². The van der Waals surface area contributed by atoms with Gasteiger partial charge in [0.05, 0.1) is 5.92 Å². The number of amides is 1. The van der Waals surface area contributed by atoms with Gasteiger partial charge in [-0.05, 0) is 42.5 Å². The average Bonchev–Trinajstić information content (AvgIpc) is 3.02. The Hall–Kier alpha value is -2.37. The first-order chi connectivity index (χ1) is 12.4. The lowest BCUT2D eigenvalue weighted by atomic mass is 10.1. The second-order valence-corrected chi connectivity index (χ2v) is 6.80. The lowest BCUT2D eigenvalue weighted by molar-refractivity contribution is -0.147. The van der Waals surface area contributed by atoms with E-state index < -0.39 is 11.9 Å². The van der Waals surface area contributed by atoms with Crippen molar-refractivity contribution in [3.05, 3.63) is 64.1 Å². The highest BCUT2D eigenvalue weighted by atomic mass is 35.5. The Morgan fingerprint density at radius 3 is 2.50 bits per heavy atom. The molecule has 0 saturated carbocycles. The molecular weight excluding hydrogens is 377 g/mol. The number of esters is 1. The molecule has 1 saturated heterocycles. The molecule has 7 heteroatoms. The maximum absolute atomic E-state index is 12.2. The highest BCUT2D eigenvalue weighted by Gasteiger charge is 2.36. The van der Waals surface area contributed by atoms with E-state index in [0.29, 0.717) is 21.3 Å². The quantitative estimate of drug-likeness (QED) is 0.574. The predicted molar refractivity (Wildman–Crippen MR) is 98.7 cm³/mol. The minimum absolute atomic E-state index is 0.0421. The summed E-state index contributed by atoms with van der Waals surface area (Å²) in [5, 5.41) is 1.03. The summed E-state index contributed by atoms with van der Waals surface area (Å²) in [5.41, 5.74) is 1.04. The van der Waals surface area contributed by atoms with E-state index in [2.05, 4.69) is 0 Å². The number of nitrogens with zero attached hydrogens (tertiary/aromatic N) is 1. The molecule has 1 aliphatic heterocycles. The number of hydrogen-bond donors (Lipinski definition) is 0. The van der Waals surface area contributed by atoms with Gasteiger partial charge in [0.15, 0.2) is 12.4 Å². The standard InChI is InChI=1S/C19H15Cl2NO4/c20-14-6-4-12(5-7-14)17(23)11-26-19(25)13-8-18(24)22(10-13)16-3-1-2-15(21)9-16/h1-7,9,13H,8,10-11H2/t13-/m1/s1. The number of halogens is 2. The number of ether oxygens (including phenoxy) is 1. The second kappa shape index (κ2) is 7.89. The van der Waals surface area contributed by atoms with Gasteiger partial charge in [0.25, 0.3) is 0 Å². The zero-order valence-corrected chi connectivity index (χ0v) is 15.2. The summed E-state index contributed by atoms with van der Waals surface area (Å²) in [5.74, 6) is -1.69. The zero-order chi connectivity index (χ0) is 18.7. The van der Waals surface area contributed by atoms with Crippen LogP contribution in [0, 0.1) is 5.92 Å². The number of benzene rings is 2. The van der Waals surface area contributed by atoms with Crippen molar-refractivity contribution in [1.29, 1.82) is 0 Å². The van der Waals surface area contributed by atoms with Gasteiger partial charge in [-0.2, -0.15) is 0 Å². The van der Waals surface area contributed by atoms with Crippen LogP contribution >= 0.6 is 23.2 Å². The van der Waals surface area contributed by atoms with Crippen LogP contribution in [-0.2, 0) is 14.3 Å². The normalized spacial score (nSPS) is 16.6. The summed E-state index contributed by atoms with van der Waals surface area (Å²) >= 11 is 11.7. The van der Waals surface area contributed by atoms with Crippen molar-refractivity contribution >= 4 is 46.5 Å². The second-order valence-electron chi connectivity index (χ2n) is 5.92. The predicted octanol–water partition coefficient (Wildman–Crippen LogP) is 3.77. The van der Waals surface area contributed by atoms with E-state index in [-0.39, 0.29) is 31.3 Å². The van der Waals surface area contributed by atoms with E-state index in [1.807, 2.05) is 0 Å². The Bertz CT molecular complexity index is 851. The largest absolute Gasteiger partial charge is 0.457 e. The molecule has 0 aromatic heterocycles. The molecule has 0 spiro atoms. The molecule has 0 radical (unpaired) electrons. The van der Waals surface area contributed by atoms with E-state index in [1.165, 1.54) is 4.90 Å². The van der Waals surface area contributed by atoms with E-state index >= 15 is 0 Å². The molecular formula is C19H15Cl2NO4. The third-order valence-electron chi connectivity index (χ3n) is 4.09. The van der Waals surface area contributed by atoms with Gasteiger partial charge in [-0.1, -0.05) is 29.3 Å². The van der Waals surface area contributed by atoms with Gasteiger partial charge in [0.1, 0.15) is 0 Å². The Morgan fingerprint density at radius 1 is 1.08 bits per heavy atom. The SMILES string of the molecule is O=C(COC(=O)[C@@H]1CC(=O)N(c2cccc(Cl)c2)C1)c1ccc(Cl)cc1. The topological polar surface area (TPSA) is 63.7 Å². The number of Topliss-reactive ketones (excluding diaryl/α,β-unsaturated/α-hetero) is 1. The highest BCUT2D eigenvalue weighted by Crippen LogP contribution is 2.27. The monoisotopic (exact) mass is 391 g/mol. The summed E-state index contributed by atoms with van der Waals surface area (Å²) in [7, 11) is 0. The summed E-state index contributed by atoms with van der Waals surface area (Å²) in [4.78, 5) is 38.0. The Kier molecular flexibility index (Phi) is 5.59. The summed E-state index contributed by atoms with van der Waals surface area (Å²) in [6.45, 7) is -0.171. The van der Waals surface area contributed by atoms with Crippen LogP contribution in [0.2, 0.25) is 10.0 Å². The molecule has 0 N–H and O–H groups in total. The molecule has 1 amide bonds. The molecule has 1 atom stereocenters. The number of carbonyl (C=O) groups excluding carboxylic acids is 3. The average molecular weight is 392 g/mol. The highest BCUT2D eigenvalue weighted by molar-refractivity contribution is 6.31. The minimum Gasteiger partial charge on any atom is -0.457 e. The van der Waals surface area contributed by atoms with Crippen molar-refractivity contribution in [2.24, 2.45) is 5.92 Å². The summed E-state index contributed by atoms with van der Waals surface area (Å²) in [6.07, 6.45) is 0.0421. The first-order valence-corrected chi connectivity index (χ1v) is 8.71. The maximum Gasteiger partial charge on any atom is 0.311 e. The van der Waals surface area contributed by atoms with Gasteiger partial charge in [0, 0.05) is 34.3 Å². The van der Waals surface area contributed by atoms with E-state index in [1.54, 1.807) is 48.5 Å². The fourth-order valence-electron chi connectivity index (χ4n) is 2.73. The van der Waals surface area contributed by atoms with Crippen LogP contribution in [0.5, 0.6) is 0 Å². The molecule has 3 rings (SSSR count). The van der Waals surface area contributed by atoms with Crippen molar-refractivity contribution in [1.82, 2.24) is 0 Å². The van der Waals surface area contributed by atoms with Crippen molar-refractivity contribution in [2.45, 2.75) is 6.42 Å². The van der Waals surface area contributed by atoms with Gasteiger partial charge in [-0.3, -0.25) is 14.4 Å². The van der Waals surface area contributed by atoms with E-state index in [0.717, 1.165) is 0 Å². The maximum atomic E-state index is 12.2. The van der Waals surface area contributed by atoms with Crippen molar-refractivity contribution < 1.29 is 19.1 Å². The number of hydrogen-bond acceptors (Lipinski definition) is 4. The fourth-order valence-corrected chi connectivity index (χ4v) is 3.04. The van der Waals surface area contributed by atoms with Crippen LogP contribution in [0.15, 0.2) is 48.5 Å². The van der Waals surface area contributed by atoms with Gasteiger partial charge < -0.3 is 9.64 Å². The van der Waals surface area contributed by atoms with Gasteiger partial charge in [-0.15, -0.1) is 0 Å². The van der Waals surface area contributed by atoms with E-state index in [4.69, 9.17) is 27.9 Å². The molecule has 1 fully saturated rings. The molecule has 0 unspecified atom stereocenters. The molecule has 0 aliphatic carbocycles. The molecule has 134 valence electrons. The number of anilines is 1. The molecule has 1 heterocycles. The first kappa shape index (κ1) is 18.4. The van der Waals surface area contributed by atoms with E-state index in [9.17, 15) is 14.4 Å². The summed E-state index contributed by atoms with van der Waals surface area (Å²) in [6, 6.07) is 13.2. The van der Waals surface area contributed by atoms with Crippen molar-refractivity contribution in [3.8, 4) is 0 Å². The van der Waals surface area contributed by atoms with Crippen molar-refractivity contribution in [2.75, 3.05) is 18.1 Å². The van der Waals surface area contributed by atoms with Crippen LogP contribution in [0.1, 0.15) is 16.8 Å². The Labute approximate surface area is 160 Å². The third-order valence-corrected chi connectivity index (χ3v) is 4.58. The minimum atomic E-state index is -0.612.